The number of ether oxygens (including phenoxy) is 1. The number of halogens is 4. The van der Waals surface area contributed by atoms with E-state index in [2.05, 4.69) is 10.8 Å². The molecule has 1 atom stereocenters. The molecule has 0 spiro atoms. The van der Waals surface area contributed by atoms with Crippen molar-refractivity contribution in [3.63, 3.8) is 0 Å². The number of rotatable bonds is 10. The van der Waals surface area contributed by atoms with Crippen molar-refractivity contribution in [1.82, 2.24) is 9.62 Å². The smallest absolute Gasteiger partial charge is 0.134 e. The zero-order chi connectivity index (χ0) is 25.7. The number of hydrogen-bond donors (Lipinski definition) is 2. The van der Waals surface area contributed by atoms with Gasteiger partial charge in [0.25, 0.3) is 0 Å². The minimum absolute atomic E-state index is 0.00433. The molecule has 3 fully saturated rings. The molecule has 2 aromatic rings. The fourth-order valence-electron chi connectivity index (χ4n) is 3.88. The van der Waals surface area contributed by atoms with E-state index in [4.69, 9.17) is 16.9 Å². The van der Waals surface area contributed by atoms with Gasteiger partial charge in [0, 0.05) is 61.1 Å². The minimum Gasteiger partial charge on any atom is -0.381 e. The molecule has 4 nitrogen and oxygen atoms in total. The van der Waals surface area contributed by atoms with Crippen LogP contribution in [0.1, 0.15) is 37.7 Å². The first-order chi connectivity index (χ1) is 17.3. The molecule has 0 aromatic heterocycles. The van der Waals surface area contributed by atoms with Crippen molar-refractivity contribution >= 4 is 11.9 Å². The Labute approximate surface area is 214 Å². The molecule has 1 heterocycles. The first-order valence-corrected chi connectivity index (χ1v) is 13.1. The van der Waals surface area contributed by atoms with Crippen LogP contribution >= 0.6 is 11.9 Å². The summed E-state index contributed by atoms with van der Waals surface area (Å²) in [6.45, 7) is 3.38. The van der Waals surface area contributed by atoms with Gasteiger partial charge in [-0.25, -0.2) is 17.6 Å². The molecule has 1 aliphatic heterocycles. The second-order valence-corrected chi connectivity index (χ2v) is 10.9. The highest BCUT2D eigenvalue weighted by Crippen LogP contribution is 2.46. The first-order valence-electron chi connectivity index (χ1n) is 12.2. The Morgan fingerprint density at radius 2 is 1.69 bits per heavy atom. The summed E-state index contributed by atoms with van der Waals surface area (Å²) >= 11 is 1.76. The van der Waals surface area contributed by atoms with Crippen LogP contribution in [0.3, 0.4) is 0 Å². The highest BCUT2D eigenvalue weighted by atomic mass is 32.2. The maximum atomic E-state index is 15.2. The standard InChI is InChI=1S/C24H25F4N3S.C3H6O/c1-2-31(14-24(5-6-24)13-30-32-20-3-4-20)22(29)10-16-9-19(27)12-21(23(16)28)15-7-17(25)11-18(26)8-15;1-2-4-3-1/h1,7-9,11-12,20,22,30H,3-6,10,13-14,29H2;1-3H2. The van der Waals surface area contributed by atoms with E-state index in [9.17, 15) is 13.2 Å². The number of nitrogens with one attached hydrogen (secondary N) is 1. The number of benzene rings is 2. The topological polar surface area (TPSA) is 50.5 Å². The van der Waals surface area contributed by atoms with Gasteiger partial charge in [-0.05, 0) is 67.5 Å². The van der Waals surface area contributed by atoms with E-state index in [0.29, 0.717) is 17.9 Å². The van der Waals surface area contributed by atoms with Crippen molar-refractivity contribution in [3.8, 4) is 23.6 Å². The van der Waals surface area contributed by atoms with Gasteiger partial charge in [-0.3, -0.25) is 4.72 Å². The van der Waals surface area contributed by atoms with Crippen molar-refractivity contribution in [2.75, 3.05) is 26.3 Å². The Bertz CT molecular complexity index is 1070. The molecule has 1 saturated heterocycles. The fourth-order valence-corrected chi connectivity index (χ4v) is 4.88. The Balaban J connectivity index is 0.000000692. The summed E-state index contributed by atoms with van der Waals surface area (Å²) in [6.07, 6.45) is 10.7. The van der Waals surface area contributed by atoms with Crippen LogP contribution in [0, 0.1) is 41.2 Å². The van der Waals surface area contributed by atoms with Crippen LogP contribution in [0.2, 0.25) is 0 Å². The Kier molecular flexibility index (Phi) is 8.83. The largest absolute Gasteiger partial charge is 0.381 e. The Morgan fingerprint density at radius 3 is 2.22 bits per heavy atom. The van der Waals surface area contributed by atoms with E-state index >= 15 is 4.39 Å². The van der Waals surface area contributed by atoms with E-state index < -0.39 is 29.4 Å². The van der Waals surface area contributed by atoms with Gasteiger partial charge in [0.1, 0.15) is 23.3 Å². The first kappa shape index (κ1) is 26.8. The molecule has 0 radical (unpaired) electrons. The number of hydrogen-bond acceptors (Lipinski definition) is 5. The summed E-state index contributed by atoms with van der Waals surface area (Å²) in [6, 6.07) is 7.14. The lowest BCUT2D eigenvalue weighted by Crippen LogP contribution is -2.45. The molecule has 5 rings (SSSR count). The molecule has 0 amide bonds. The second kappa shape index (κ2) is 11.9. The lowest BCUT2D eigenvalue weighted by Gasteiger charge is -2.30. The summed E-state index contributed by atoms with van der Waals surface area (Å²) < 4.78 is 64.8. The van der Waals surface area contributed by atoms with Gasteiger partial charge in [0.15, 0.2) is 0 Å². The zero-order valence-corrected chi connectivity index (χ0v) is 20.9. The van der Waals surface area contributed by atoms with Gasteiger partial charge < -0.3 is 15.4 Å². The molecule has 3 N–H and O–H groups in total. The van der Waals surface area contributed by atoms with E-state index in [1.807, 2.05) is 0 Å². The molecule has 0 bridgehead atoms. The zero-order valence-electron chi connectivity index (χ0n) is 20.0. The van der Waals surface area contributed by atoms with Crippen LogP contribution in [0.25, 0.3) is 11.1 Å². The molecule has 2 aromatic carbocycles. The minimum atomic E-state index is -0.872. The van der Waals surface area contributed by atoms with Crippen LogP contribution in [0.5, 0.6) is 0 Å². The van der Waals surface area contributed by atoms with Crippen LogP contribution in [-0.2, 0) is 11.2 Å². The third kappa shape index (κ3) is 7.39. The quantitative estimate of drug-likeness (QED) is 0.148. The highest BCUT2D eigenvalue weighted by molar-refractivity contribution is 7.98. The van der Waals surface area contributed by atoms with Crippen molar-refractivity contribution in [2.45, 2.75) is 49.9 Å². The van der Waals surface area contributed by atoms with Crippen LogP contribution in [0.15, 0.2) is 30.3 Å². The maximum absolute atomic E-state index is 15.2. The van der Waals surface area contributed by atoms with Gasteiger partial charge in [-0.1, -0.05) is 18.4 Å². The summed E-state index contributed by atoms with van der Waals surface area (Å²) in [4.78, 5) is 1.63. The van der Waals surface area contributed by atoms with Crippen LogP contribution in [0.4, 0.5) is 17.6 Å². The third-order valence-electron chi connectivity index (χ3n) is 6.54. The summed E-state index contributed by atoms with van der Waals surface area (Å²) in [5, 5.41) is 0.702. The van der Waals surface area contributed by atoms with Gasteiger partial charge in [0.2, 0.25) is 0 Å². The number of nitrogens with two attached hydrogens (primary N) is 1. The van der Waals surface area contributed by atoms with Gasteiger partial charge in [0.05, 0.1) is 6.17 Å². The normalized spacial score (nSPS) is 18.3. The highest BCUT2D eigenvalue weighted by Gasteiger charge is 2.44. The van der Waals surface area contributed by atoms with E-state index in [-0.39, 0.29) is 28.5 Å². The van der Waals surface area contributed by atoms with Gasteiger partial charge in [-0.15, -0.1) is 0 Å². The van der Waals surface area contributed by atoms with E-state index in [1.165, 1.54) is 19.3 Å². The fraction of sp³-hybridized carbons (Fsp3) is 0.481. The maximum Gasteiger partial charge on any atom is 0.134 e. The van der Waals surface area contributed by atoms with Crippen molar-refractivity contribution in [1.29, 1.82) is 0 Å². The van der Waals surface area contributed by atoms with Crippen LogP contribution in [-0.4, -0.2) is 42.6 Å². The predicted octanol–water partition coefficient (Wildman–Crippen LogP) is 5.22. The van der Waals surface area contributed by atoms with Crippen molar-refractivity contribution in [3.05, 3.63) is 59.2 Å². The molecule has 36 heavy (non-hydrogen) atoms. The third-order valence-corrected chi connectivity index (χ3v) is 7.66. The van der Waals surface area contributed by atoms with E-state index in [0.717, 1.165) is 56.9 Å². The van der Waals surface area contributed by atoms with Crippen molar-refractivity contribution in [2.24, 2.45) is 11.1 Å². The monoisotopic (exact) mass is 521 g/mol. The Morgan fingerprint density at radius 1 is 1.08 bits per heavy atom. The summed E-state index contributed by atoms with van der Waals surface area (Å²) in [7, 11) is 0. The summed E-state index contributed by atoms with van der Waals surface area (Å²) in [5.41, 5.74) is 6.02. The lowest BCUT2D eigenvalue weighted by atomic mass is 9.98. The molecule has 194 valence electrons. The molecular formula is C27H31F4N3OS. The molecule has 9 heteroatoms. The average Bonchev–Trinajstić information content (AvgIpc) is 3.70. The molecular weight excluding hydrogens is 490 g/mol. The molecule has 1 unspecified atom stereocenters. The average molecular weight is 522 g/mol. The van der Waals surface area contributed by atoms with Crippen molar-refractivity contribution < 1.29 is 22.3 Å². The van der Waals surface area contributed by atoms with Crippen LogP contribution < -0.4 is 10.5 Å². The van der Waals surface area contributed by atoms with Gasteiger partial charge >= 0.3 is 0 Å². The lowest BCUT2D eigenvalue weighted by molar-refractivity contribution is 0.0367. The molecule has 2 aliphatic carbocycles. The van der Waals surface area contributed by atoms with Gasteiger partial charge in [-0.2, -0.15) is 0 Å². The molecule has 2 saturated carbocycles. The number of terminal acetylenes is 1. The molecule has 3 aliphatic rings. The predicted molar refractivity (Wildman–Crippen MR) is 135 cm³/mol. The van der Waals surface area contributed by atoms with E-state index in [1.54, 1.807) is 16.8 Å². The summed E-state index contributed by atoms with van der Waals surface area (Å²) in [5.74, 6) is -3.24. The second-order valence-electron chi connectivity index (χ2n) is 9.72. The Hall–Kier alpha value is -2.25. The number of nitrogens with zero attached hydrogens (tertiary/aromatic N) is 1. The SMILES string of the molecule is C#CN(CC1(CNSC2CC2)CC1)C(N)Cc1cc(F)cc(-c2cc(F)cc(F)c2)c1F.C1COC1.